The van der Waals surface area contributed by atoms with Crippen LogP contribution in [0.25, 0.3) is 17.1 Å². The fourth-order valence-corrected chi connectivity index (χ4v) is 3.32. The van der Waals surface area contributed by atoms with Crippen LogP contribution in [0.5, 0.6) is 0 Å². The van der Waals surface area contributed by atoms with E-state index < -0.39 is 0 Å². The first kappa shape index (κ1) is 14.5. The van der Waals surface area contributed by atoms with Gasteiger partial charge in [0.25, 0.3) is 0 Å². The smallest absolute Gasteiger partial charge is 0.188 e. The molecule has 2 N–H and O–H groups in total. The van der Waals surface area contributed by atoms with E-state index in [1.54, 1.807) is 10.7 Å². The van der Waals surface area contributed by atoms with E-state index in [2.05, 4.69) is 47.4 Å². The molecule has 5 nitrogen and oxygen atoms in total. The van der Waals surface area contributed by atoms with Crippen molar-refractivity contribution in [2.24, 2.45) is 0 Å². The predicted octanol–water partition coefficient (Wildman–Crippen LogP) is 4.09. The Balaban J connectivity index is 2.20. The van der Waals surface area contributed by atoms with Gasteiger partial charge in [-0.1, -0.05) is 33.6 Å². The van der Waals surface area contributed by atoms with Crippen LogP contribution in [-0.4, -0.2) is 20.2 Å². The summed E-state index contributed by atoms with van der Waals surface area (Å²) in [4.78, 5) is 0. The van der Waals surface area contributed by atoms with Crippen LogP contribution in [0.1, 0.15) is 0 Å². The van der Waals surface area contributed by atoms with E-state index in [0.29, 0.717) is 22.1 Å². The molecule has 3 rings (SSSR count). The van der Waals surface area contributed by atoms with E-state index in [9.17, 15) is 0 Å². The fourth-order valence-electron chi connectivity index (χ4n) is 1.89. The van der Waals surface area contributed by atoms with Crippen molar-refractivity contribution >= 4 is 49.1 Å². The van der Waals surface area contributed by atoms with Crippen LogP contribution in [0.3, 0.4) is 0 Å². The molecule has 0 bridgehead atoms. The Morgan fingerprint density at radius 2 is 1.95 bits per heavy atom. The lowest BCUT2D eigenvalue weighted by molar-refractivity contribution is 0.789. The molecule has 0 saturated carbocycles. The minimum atomic E-state index is 0.432. The molecule has 0 aliphatic carbocycles. The molecule has 21 heavy (non-hydrogen) atoms. The lowest BCUT2D eigenvalue weighted by Gasteiger charge is -2.09. The quantitative estimate of drug-likeness (QED) is 0.623. The first-order valence-corrected chi connectivity index (χ1v) is 7.82. The van der Waals surface area contributed by atoms with Gasteiger partial charge in [-0.15, -0.1) is 5.10 Å². The second-order valence-electron chi connectivity index (χ2n) is 4.22. The number of aromatic nitrogens is 4. The molecule has 2 aromatic carbocycles. The van der Waals surface area contributed by atoms with Gasteiger partial charge in [0.1, 0.15) is 0 Å². The summed E-state index contributed by atoms with van der Waals surface area (Å²) in [7, 11) is 0. The standard InChI is InChI=1S/C13H8Br2ClN5/c14-7-4-5-11(9(15)6-7)21-13(18-19-20-21)8-2-1-3-10(17)12(8)16/h1-6H,17H2. The van der Waals surface area contributed by atoms with Crippen LogP contribution in [0.2, 0.25) is 5.02 Å². The summed E-state index contributed by atoms with van der Waals surface area (Å²) in [6.45, 7) is 0. The summed E-state index contributed by atoms with van der Waals surface area (Å²) in [6, 6.07) is 11.1. The van der Waals surface area contributed by atoms with Crippen molar-refractivity contribution in [1.29, 1.82) is 0 Å². The van der Waals surface area contributed by atoms with Crippen molar-refractivity contribution < 1.29 is 0 Å². The Morgan fingerprint density at radius 1 is 1.14 bits per heavy atom. The van der Waals surface area contributed by atoms with Crippen LogP contribution in [-0.2, 0) is 0 Å². The Bertz CT molecular complexity index is 818. The third-order valence-corrected chi connectivity index (χ3v) is 4.43. The van der Waals surface area contributed by atoms with Crippen molar-refractivity contribution in [2.75, 3.05) is 5.73 Å². The van der Waals surface area contributed by atoms with Crippen molar-refractivity contribution in [3.8, 4) is 17.1 Å². The SMILES string of the molecule is Nc1cccc(-c2nnnn2-c2ccc(Br)cc2Br)c1Cl. The van der Waals surface area contributed by atoms with Gasteiger partial charge in [0.05, 0.1) is 16.4 Å². The van der Waals surface area contributed by atoms with Crippen LogP contribution in [0.15, 0.2) is 45.3 Å². The molecule has 3 aromatic rings. The van der Waals surface area contributed by atoms with Crippen LogP contribution >= 0.6 is 43.5 Å². The number of anilines is 1. The van der Waals surface area contributed by atoms with E-state index in [0.717, 1.165) is 14.6 Å². The number of tetrazole rings is 1. The zero-order valence-electron chi connectivity index (χ0n) is 10.5. The number of hydrogen-bond donors (Lipinski definition) is 1. The number of nitrogens with two attached hydrogens (primary N) is 1. The zero-order valence-corrected chi connectivity index (χ0v) is 14.4. The normalized spacial score (nSPS) is 10.8. The van der Waals surface area contributed by atoms with Crippen LogP contribution in [0.4, 0.5) is 5.69 Å². The van der Waals surface area contributed by atoms with Gasteiger partial charge in [0.2, 0.25) is 0 Å². The first-order chi connectivity index (χ1) is 10.1. The van der Waals surface area contributed by atoms with E-state index in [1.807, 2.05) is 30.3 Å². The summed E-state index contributed by atoms with van der Waals surface area (Å²) >= 11 is 13.2. The summed E-state index contributed by atoms with van der Waals surface area (Å²) < 4.78 is 3.41. The fraction of sp³-hybridized carbons (Fsp3) is 0. The van der Waals surface area contributed by atoms with Gasteiger partial charge in [0, 0.05) is 14.5 Å². The van der Waals surface area contributed by atoms with Gasteiger partial charge < -0.3 is 5.73 Å². The molecular weight excluding hydrogens is 421 g/mol. The monoisotopic (exact) mass is 427 g/mol. The van der Waals surface area contributed by atoms with Crippen molar-refractivity contribution in [3.63, 3.8) is 0 Å². The van der Waals surface area contributed by atoms with Gasteiger partial charge in [-0.3, -0.25) is 0 Å². The molecule has 0 spiro atoms. The molecule has 0 saturated heterocycles. The molecular formula is C13H8Br2ClN5. The van der Waals surface area contributed by atoms with Crippen molar-refractivity contribution in [3.05, 3.63) is 50.4 Å². The number of hydrogen-bond acceptors (Lipinski definition) is 4. The highest BCUT2D eigenvalue weighted by Gasteiger charge is 2.16. The Hall–Kier alpha value is -1.44. The maximum atomic E-state index is 6.26. The average molecular weight is 430 g/mol. The molecule has 0 unspecified atom stereocenters. The summed E-state index contributed by atoms with van der Waals surface area (Å²) in [5.41, 5.74) is 7.80. The maximum Gasteiger partial charge on any atom is 0.188 e. The van der Waals surface area contributed by atoms with E-state index in [4.69, 9.17) is 17.3 Å². The molecule has 8 heteroatoms. The number of nitrogen functional groups attached to an aromatic ring is 1. The predicted molar refractivity (Wildman–Crippen MR) is 89.4 cm³/mol. The van der Waals surface area contributed by atoms with E-state index in [1.165, 1.54) is 0 Å². The average Bonchev–Trinajstić information content (AvgIpc) is 2.91. The molecule has 0 fully saturated rings. The molecule has 1 heterocycles. The molecule has 0 radical (unpaired) electrons. The number of benzene rings is 2. The summed E-state index contributed by atoms with van der Waals surface area (Å²) in [5.74, 6) is 0.523. The number of nitrogens with zero attached hydrogens (tertiary/aromatic N) is 4. The van der Waals surface area contributed by atoms with Gasteiger partial charge in [-0.2, -0.15) is 4.68 Å². The molecule has 106 valence electrons. The topological polar surface area (TPSA) is 69.6 Å². The second kappa shape index (κ2) is 5.75. The molecule has 0 aliphatic heterocycles. The largest absolute Gasteiger partial charge is 0.398 e. The van der Waals surface area contributed by atoms with E-state index in [-0.39, 0.29) is 0 Å². The van der Waals surface area contributed by atoms with Gasteiger partial charge >= 0.3 is 0 Å². The zero-order chi connectivity index (χ0) is 15.0. The maximum absolute atomic E-state index is 6.26. The number of rotatable bonds is 2. The van der Waals surface area contributed by atoms with Gasteiger partial charge in [-0.25, -0.2) is 0 Å². The molecule has 1 aromatic heterocycles. The Labute approximate surface area is 142 Å². The highest BCUT2D eigenvalue weighted by atomic mass is 79.9. The number of halogens is 3. The van der Waals surface area contributed by atoms with Gasteiger partial charge in [-0.05, 0) is 56.7 Å². The first-order valence-electron chi connectivity index (χ1n) is 5.86. The van der Waals surface area contributed by atoms with Gasteiger partial charge in [0.15, 0.2) is 5.82 Å². The Kier molecular flexibility index (Phi) is 3.97. The summed E-state index contributed by atoms with van der Waals surface area (Å²) in [5, 5.41) is 12.3. The lowest BCUT2D eigenvalue weighted by Crippen LogP contribution is -2.01. The van der Waals surface area contributed by atoms with Crippen molar-refractivity contribution in [1.82, 2.24) is 20.2 Å². The third-order valence-electron chi connectivity index (χ3n) is 2.88. The van der Waals surface area contributed by atoms with Crippen LogP contribution < -0.4 is 5.73 Å². The minimum absolute atomic E-state index is 0.432. The second-order valence-corrected chi connectivity index (χ2v) is 6.37. The molecule has 0 aliphatic rings. The van der Waals surface area contributed by atoms with Crippen molar-refractivity contribution in [2.45, 2.75) is 0 Å². The lowest BCUT2D eigenvalue weighted by atomic mass is 10.2. The molecule has 0 atom stereocenters. The highest BCUT2D eigenvalue weighted by Crippen LogP contribution is 2.33. The van der Waals surface area contributed by atoms with E-state index >= 15 is 0 Å². The highest BCUT2D eigenvalue weighted by molar-refractivity contribution is 9.11. The molecule has 0 amide bonds. The summed E-state index contributed by atoms with van der Waals surface area (Å²) in [6.07, 6.45) is 0. The third kappa shape index (κ3) is 2.68. The Morgan fingerprint density at radius 3 is 2.71 bits per heavy atom. The van der Waals surface area contributed by atoms with Crippen LogP contribution in [0, 0.1) is 0 Å². The minimum Gasteiger partial charge on any atom is -0.398 e.